The summed E-state index contributed by atoms with van der Waals surface area (Å²) in [7, 11) is 3.69. The molecule has 0 atom stereocenters. The molecule has 2 rings (SSSR count). The van der Waals surface area contributed by atoms with Crippen molar-refractivity contribution in [2.24, 2.45) is 7.05 Å². The first-order valence-corrected chi connectivity index (χ1v) is 6.63. The van der Waals surface area contributed by atoms with Crippen molar-refractivity contribution in [3.05, 3.63) is 22.7 Å². The lowest BCUT2D eigenvalue weighted by atomic mass is 10.1. The second-order valence-corrected chi connectivity index (χ2v) is 4.99. The van der Waals surface area contributed by atoms with Crippen LogP contribution in [0.3, 0.4) is 0 Å². The number of hydrogen-bond acceptors (Lipinski definition) is 4. The molecule has 0 aliphatic carbocycles. The molecule has 1 saturated heterocycles. The smallest absolute Gasteiger partial charge is 0.293 e. The van der Waals surface area contributed by atoms with Gasteiger partial charge in [0.25, 0.3) is 5.56 Å². The van der Waals surface area contributed by atoms with E-state index in [-0.39, 0.29) is 5.56 Å². The van der Waals surface area contributed by atoms with E-state index < -0.39 is 0 Å². The highest BCUT2D eigenvalue weighted by Crippen LogP contribution is 2.08. The van der Waals surface area contributed by atoms with Gasteiger partial charge in [-0.05, 0) is 25.9 Å². The summed E-state index contributed by atoms with van der Waals surface area (Å²) in [4.78, 5) is 20.5. The highest BCUT2D eigenvalue weighted by atomic mass is 16.1. The third-order valence-corrected chi connectivity index (χ3v) is 3.56. The fraction of sp³-hybridized carbons (Fsp3) is 0.692. The average Bonchev–Trinajstić information content (AvgIpc) is 2.40. The molecule has 100 valence electrons. The Balaban J connectivity index is 1.92. The van der Waals surface area contributed by atoms with Crippen LogP contribution >= 0.6 is 0 Å². The number of likely N-dealkylation sites (tertiary alicyclic amines) is 1. The van der Waals surface area contributed by atoms with Gasteiger partial charge in [-0.3, -0.25) is 4.79 Å². The van der Waals surface area contributed by atoms with Crippen molar-refractivity contribution in [1.82, 2.24) is 14.5 Å². The minimum atomic E-state index is -0.0290. The van der Waals surface area contributed by atoms with E-state index in [0.717, 1.165) is 13.1 Å². The van der Waals surface area contributed by atoms with Gasteiger partial charge in [0, 0.05) is 39.6 Å². The van der Waals surface area contributed by atoms with E-state index in [1.807, 2.05) is 11.9 Å². The fourth-order valence-corrected chi connectivity index (χ4v) is 2.33. The quantitative estimate of drug-likeness (QED) is 0.789. The van der Waals surface area contributed by atoms with Crippen LogP contribution in [-0.4, -0.2) is 47.7 Å². The molecule has 0 amide bonds. The molecule has 2 heterocycles. The van der Waals surface area contributed by atoms with E-state index >= 15 is 0 Å². The second kappa shape index (κ2) is 6.00. The number of hydrogen-bond donors (Lipinski definition) is 0. The number of rotatable bonds is 4. The normalized spacial score (nSPS) is 16.8. The van der Waals surface area contributed by atoms with E-state index in [4.69, 9.17) is 0 Å². The summed E-state index contributed by atoms with van der Waals surface area (Å²) in [6.45, 7) is 4.24. The molecule has 0 saturated carbocycles. The van der Waals surface area contributed by atoms with Crippen LogP contribution in [0.5, 0.6) is 0 Å². The van der Waals surface area contributed by atoms with Crippen molar-refractivity contribution in [2.75, 3.05) is 38.1 Å². The lowest BCUT2D eigenvalue weighted by molar-refractivity contribution is 0.234. The van der Waals surface area contributed by atoms with Gasteiger partial charge >= 0.3 is 0 Å². The third-order valence-electron chi connectivity index (χ3n) is 3.56. The number of anilines is 1. The van der Waals surface area contributed by atoms with Gasteiger partial charge in [0.15, 0.2) is 5.82 Å². The van der Waals surface area contributed by atoms with Gasteiger partial charge in [0.2, 0.25) is 0 Å². The number of aromatic nitrogens is 2. The van der Waals surface area contributed by atoms with Crippen molar-refractivity contribution in [3.63, 3.8) is 0 Å². The van der Waals surface area contributed by atoms with Crippen LogP contribution in [0.1, 0.15) is 19.3 Å². The molecule has 0 radical (unpaired) electrons. The van der Waals surface area contributed by atoms with E-state index in [0.29, 0.717) is 5.82 Å². The summed E-state index contributed by atoms with van der Waals surface area (Å²) in [6.07, 6.45) is 7.32. The highest BCUT2D eigenvalue weighted by Gasteiger charge is 2.13. The van der Waals surface area contributed by atoms with Crippen LogP contribution in [0.4, 0.5) is 5.82 Å². The Morgan fingerprint density at radius 2 is 2.06 bits per heavy atom. The van der Waals surface area contributed by atoms with Crippen molar-refractivity contribution in [3.8, 4) is 0 Å². The molecule has 0 spiro atoms. The lowest BCUT2D eigenvalue weighted by Gasteiger charge is -2.28. The largest absolute Gasteiger partial charge is 0.354 e. The summed E-state index contributed by atoms with van der Waals surface area (Å²) in [5.41, 5.74) is -0.0290. The molecule has 5 heteroatoms. The zero-order chi connectivity index (χ0) is 13.0. The Morgan fingerprint density at radius 1 is 1.33 bits per heavy atom. The molecular formula is C13H22N4O. The van der Waals surface area contributed by atoms with E-state index in [1.165, 1.54) is 32.4 Å². The molecule has 0 unspecified atom stereocenters. The summed E-state index contributed by atoms with van der Waals surface area (Å²) < 4.78 is 1.57. The number of likely N-dealkylation sites (N-methyl/N-ethyl adjacent to an activating group) is 1. The monoisotopic (exact) mass is 250 g/mol. The topological polar surface area (TPSA) is 41.4 Å². The van der Waals surface area contributed by atoms with Crippen LogP contribution in [0, 0.1) is 0 Å². The Kier molecular flexibility index (Phi) is 4.36. The minimum Gasteiger partial charge on any atom is -0.354 e. The Labute approximate surface area is 108 Å². The summed E-state index contributed by atoms with van der Waals surface area (Å²) >= 11 is 0. The van der Waals surface area contributed by atoms with E-state index in [1.54, 1.807) is 24.0 Å². The van der Waals surface area contributed by atoms with Gasteiger partial charge in [-0.1, -0.05) is 6.42 Å². The van der Waals surface area contributed by atoms with E-state index in [9.17, 15) is 4.79 Å². The van der Waals surface area contributed by atoms with Crippen LogP contribution in [0.2, 0.25) is 0 Å². The zero-order valence-electron chi connectivity index (χ0n) is 11.3. The predicted molar refractivity (Wildman–Crippen MR) is 73.0 cm³/mol. The molecule has 1 aromatic heterocycles. The van der Waals surface area contributed by atoms with Gasteiger partial charge < -0.3 is 14.4 Å². The summed E-state index contributed by atoms with van der Waals surface area (Å²) in [6, 6.07) is 0. The molecule has 0 aromatic carbocycles. The van der Waals surface area contributed by atoms with E-state index in [2.05, 4.69) is 9.88 Å². The Bertz CT molecular complexity index is 437. The molecule has 1 aliphatic heterocycles. The van der Waals surface area contributed by atoms with Crippen molar-refractivity contribution < 1.29 is 0 Å². The first kappa shape index (κ1) is 13.1. The summed E-state index contributed by atoms with van der Waals surface area (Å²) in [5.74, 6) is 0.539. The molecular weight excluding hydrogens is 228 g/mol. The van der Waals surface area contributed by atoms with Gasteiger partial charge in [-0.25, -0.2) is 4.98 Å². The first-order valence-electron chi connectivity index (χ1n) is 6.63. The molecule has 0 N–H and O–H groups in total. The van der Waals surface area contributed by atoms with Crippen LogP contribution in [0.25, 0.3) is 0 Å². The number of aryl methyl sites for hydroxylation is 1. The maximum Gasteiger partial charge on any atom is 0.293 e. The molecule has 0 bridgehead atoms. The van der Waals surface area contributed by atoms with Crippen LogP contribution < -0.4 is 10.5 Å². The van der Waals surface area contributed by atoms with Gasteiger partial charge in [-0.2, -0.15) is 0 Å². The first-order chi connectivity index (χ1) is 8.68. The molecule has 18 heavy (non-hydrogen) atoms. The molecule has 1 fully saturated rings. The minimum absolute atomic E-state index is 0.0290. The van der Waals surface area contributed by atoms with Gasteiger partial charge in [0.1, 0.15) is 0 Å². The number of nitrogens with zero attached hydrogens (tertiary/aromatic N) is 4. The molecule has 5 nitrogen and oxygen atoms in total. The molecule has 1 aromatic rings. The van der Waals surface area contributed by atoms with Crippen molar-refractivity contribution in [2.45, 2.75) is 19.3 Å². The standard InChI is InChI=1S/C13H22N4O/c1-15(10-11-17-7-4-3-5-8-17)12-13(18)16(2)9-6-14-12/h6,9H,3-5,7-8,10-11H2,1-2H3. The van der Waals surface area contributed by atoms with Crippen LogP contribution in [-0.2, 0) is 7.05 Å². The second-order valence-electron chi connectivity index (χ2n) is 4.99. The highest BCUT2D eigenvalue weighted by molar-refractivity contribution is 5.34. The maximum atomic E-state index is 11.9. The van der Waals surface area contributed by atoms with Crippen LogP contribution in [0.15, 0.2) is 17.2 Å². The summed E-state index contributed by atoms with van der Waals surface area (Å²) in [5, 5.41) is 0. The fourth-order valence-electron chi connectivity index (χ4n) is 2.33. The van der Waals surface area contributed by atoms with Crippen molar-refractivity contribution in [1.29, 1.82) is 0 Å². The maximum absolute atomic E-state index is 11.9. The third kappa shape index (κ3) is 3.10. The van der Waals surface area contributed by atoms with Crippen molar-refractivity contribution >= 4 is 5.82 Å². The van der Waals surface area contributed by atoms with Gasteiger partial charge in [-0.15, -0.1) is 0 Å². The SMILES string of the molecule is CN(CCN1CCCCC1)c1nccn(C)c1=O. The Morgan fingerprint density at radius 3 is 2.78 bits per heavy atom. The predicted octanol–water partition coefficient (Wildman–Crippen LogP) is 0.702. The average molecular weight is 250 g/mol. The number of piperidine rings is 1. The zero-order valence-corrected chi connectivity index (χ0v) is 11.3. The molecule has 1 aliphatic rings. The van der Waals surface area contributed by atoms with Gasteiger partial charge in [0.05, 0.1) is 0 Å². The lowest BCUT2D eigenvalue weighted by Crippen LogP contribution is -2.38. The Hall–Kier alpha value is -1.36.